The van der Waals surface area contributed by atoms with Crippen LogP contribution in [-0.4, -0.2) is 25.0 Å². The molecule has 3 amide bonds. The van der Waals surface area contributed by atoms with Gasteiger partial charge in [0.1, 0.15) is 0 Å². The average molecular weight is 261 g/mol. The molecule has 0 heterocycles. The maximum Gasteiger partial charge on any atom is 0.319 e. The van der Waals surface area contributed by atoms with Crippen molar-refractivity contribution in [1.29, 1.82) is 0 Å². The molecule has 1 fully saturated rings. The van der Waals surface area contributed by atoms with Gasteiger partial charge in [0.2, 0.25) is 0 Å². The topological polar surface area (TPSA) is 70.2 Å². The third-order valence-electron chi connectivity index (χ3n) is 3.32. The molecule has 5 nitrogen and oxygen atoms in total. The summed E-state index contributed by atoms with van der Waals surface area (Å²) in [6.07, 6.45) is 4.49. The fraction of sp³-hybridized carbons (Fsp3) is 0.429. The molecule has 0 atom stereocenters. The predicted octanol–water partition coefficient (Wildman–Crippen LogP) is 2.11. The summed E-state index contributed by atoms with van der Waals surface area (Å²) >= 11 is 0. The van der Waals surface area contributed by atoms with Crippen molar-refractivity contribution in [3.63, 3.8) is 0 Å². The molecule has 0 aromatic heterocycles. The van der Waals surface area contributed by atoms with Crippen molar-refractivity contribution in [2.24, 2.45) is 0 Å². The zero-order valence-electron chi connectivity index (χ0n) is 11.0. The van der Waals surface area contributed by atoms with Crippen molar-refractivity contribution in [2.45, 2.75) is 31.7 Å². The van der Waals surface area contributed by atoms with Crippen molar-refractivity contribution in [3.05, 3.63) is 29.8 Å². The van der Waals surface area contributed by atoms with Gasteiger partial charge in [0.15, 0.2) is 0 Å². The van der Waals surface area contributed by atoms with E-state index in [4.69, 9.17) is 0 Å². The van der Waals surface area contributed by atoms with Gasteiger partial charge in [-0.3, -0.25) is 4.79 Å². The molecule has 0 bridgehead atoms. The van der Waals surface area contributed by atoms with Crippen LogP contribution in [0.15, 0.2) is 24.3 Å². The number of amides is 3. The quantitative estimate of drug-likeness (QED) is 0.780. The second-order valence-electron chi connectivity index (χ2n) is 4.74. The summed E-state index contributed by atoms with van der Waals surface area (Å²) in [5.41, 5.74) is 1.26. The molecule has 3 N–H and O–H groups in total. The van der Waals surface area contributed by atoms with E-state index in [9.17, 15) is 9.59 Å². The Morgan fingerprint density at radius 1 is 1.11 bits per heavy atom. The van der Waals surface area contributed by atoms with E-state index in [1.165, 1.54) is 12.8 Å². The highest BCUT2D eigenvalue weighted by atomic mass is 16.2. The van der Waals surface area contributed by atoms with Gasteiger partial charge in [-0.15, -0.1) is 0 Å². The Hall–Kier alpha value is -2.04. The molecule has 0 saturated heterocycles. The number of anilines is 1. The lowest BCUT2D eigenvalue weighted by Crippen LogP contribution is -2.36. The van der Waals surface area contributed by atoms with E-state index in [1.807, 2.05) is 0 Å². The maximum absolute atomic E-state index is 11.7. The SMILES string of the molecule is CNC(=O)c1ccc(NC(=O)NC2CCCC2)cc1. The van der Waals surface area contributed by atoms with E-state index in [0.717, 1.165) is 12.8 Å². The Morgan fingerprint density at radius 2 is 1.74 bits per heavy atom. The first-order valence-electron chi connectivity index (χ1n) is 6.58. The summed E-state index contributed by atoms with van der Waals surface area (Å²) in [6, 6.07) is 6.93. The number of urea groups is 1. The van der Waals surface area contributed by atoms with Crippen LogP contribution in [0, 0.1) is 0 Å². The first kappa shape index (κ1) is 13.4. The zero-order chi connectivity index (χ0) is 13.7. The monoisotopic (exact) mass is 261 g/mol. The van der Waals surface area contributed by atoms with Crippen LogP contribution in [0.3, 0.4) is 0 Å². The van der Waals surface area contributed by atoms with Gasteiger partial charge in [0.05, 0.1) is 0 Å². The van der Waals surface area contributed by atoms with Crippen LogP contribution < -0.4 is 16.0 Å². The zero-order valence-corrected chi connectivity index (χ0v) is 11.0. The molecule has 102 valence electrons. The smallest absolute Gasteiger partial charge is 0.319 e. The van der Waals surface area contributed by atoms with Gasteiger partial charge in [0.25, 0.3) is 5.91 Å². The summed E-state index contributed by atoms with van der Waals surface area (Å²) in [6.45, 7) is 0. The first-order chi connectivity index (χ1) is 9.19. The molecule has 2 rings (SSSR count). The highest BCUT2D eigenvalue weighted by Gasteiger charge is 2.16. The average Bonchev–Trinajstić information content (AvgIpc) is 2.91. The van der Waals surface area contributed by atoms with Crippen LogP contribution in [0.25, 0.3) is 0 Å². The van der Waals surface area contributed by atoms with Crippen LogP contribution in [0.2, 0.25) is 0 Å². The molecular formula is C14H19N3O2. The molecule has 1 saturated carbocycles. The van der Waals surface area contributed by atoms with Gasteiger partial charge < -0.3 is 16.0 Å². The minimum Gasteiger partial charge on any atom is -0.355 e. The lowest BCUT2D eigenvalue weighted by atomic mass is 10.2. The summed E-state index contributed by atoms with van der Waals surface area (Å²) in [5, 5.41) is 8.27. The van der Waals surface area contributed by atoms with Crippen LogP contribution >= 0.6 is 0 Å². The highest BCUT2D eigenvalue weighted by molar-refractivity contribution is 5.95. The Bertz CT molecular complexity index is 450. The van der Waals surface area contributed by atoms with Gasteiger partial charge in [-0.2, -0.15) is 0 Å². The third kappa shape index (κ3) is 3.71. The number of nitrogens with one attached hydrogen (secondary N) is 3. The standard InChI is InChI=1S/C14H19N3O2/c1-15-13(18)10-6-8-12(9-7-10)17-14(19)16-11-4-2-3-5-11/h6-9,11H,2-5H2,1H3,(H,15,18)(H2,16,17,19). The van der Waals surface area contributed by atoms with Gasteiger partial charge >= 0.3 is 6.03 Å². The van der Waals surface area contributed by atoms with Gasteiger partial charge in [-0.05, 0) is 37.1 Å². The summed E-state index contributed by atoms with van der Waals surface area (Å²) < 4.78 is 0. The fourth-order valence-corrected chi connectivity index (χ4v) is 2.27. The molecule has 0 aliphatic heterocycles. The van der Waals surface area contributed by atoms with E-state index in [1.54, 1.807) is 31.3 Å². The molecule has 1 aromatic carbocycles. The Balaban J connectivity index is 1.88. The van der Waals surface area contributed by atoms with E-state index >= 15 is 0 Å². The van der Waals surface area contributed by atoms with Crippen LogP contribution in [0.5, 0.6) is 0 Å². The Morgan fingerprint density at radius 3 is 2.32 bits per heavy atom. The largest absolute Gasteiger partial charge is 0.355 e. The molecular weight excluding hydrogens is 242 g/mol. The normalized spacial score (nSPS) is 15.0. The molecule has 1 aliphatic rings. The lowest BCUT2D eigenvalue weighted by molar-refractivity contribution is 0.0963. The molecule has 1 aromatic rings. The third-order valence-corrected chi connectivity index (χ3v) is 3.32. The van der Waals surface area contributed by atoms with Gasteiger partial charge in [0, 0.05) is 24.3 Å². The van der Waals surface area contributed by atoms with Crippen molar-refractivity contribution in [1.82, 2.24) is 10.6 Å². The molecule has 0 spiro atoms. The van der Waals surface area contributed by atoms with Gasteiger partial charge in [-0.25, -0.2) is 4.79 Å². The summed E-state index contributed by atoms with van der Waals surface area (Å²) in [5.74, 6) is -0.137. The van der Waals surface area contributed by atoms with Crippen molar-refractivity contribution < 1.29 is 9.59 Å². The number of carbonyl (C=O) groups excluding carboxylic acids is 2. The number of hydrogen-bond acceptors (Lipinski definition) is 2. The maximum atomic E-state index is 11.7. The molecule has 19 heavy (non-hydrogen) atoms. The number of carbonyl (C=O) groups is 2. The minimum absolute atomic E-state index is 0.137. The second kappa shape index (κ2) is 6.22. The minimum atomic E-state index is -0.181. The van der Waals surface area contributed by atoms with Crippen molar-refractivity contribution >= 4 is 17.6 Å². The van der Waals surface area contributed by atoms with E-state index in [0.29, 0.717) is 17.3 Å². The molecule has 0 radical (unpaired) electrons. The number of rotatable bonds is 3. The Labute approximate surface area is 112 Å². The summed E-state index contributed by atoms with van der Waals surface area (Å²) in [7, 11) is 1.59. The van der Waals surface area contributed by atoms with Crippen molar-refractivity contribution in [3.8, 4) is 0 Å². The molecule has 0 unspecified atom stereocenters. The summed E-state index contributed by atoms with van der Waals surface area (Å²) in [4.78, 5) is 23.1. The molecule has 1 aliphatic carbocycles. The van der Waals surface area contributed by atoms with Crippen LogP contribution in [-0.2, 0) is 0 Å². The van der Waals surface area contributed by atoms with Crippen LogP contribution in [0.4, 0.5) is 10.5 Å². The number of hydrogen-bond donors (Lipinski definition) is 3. The fourth-order valence-electron chi connectivity index (χ4n) is 2.27. The lowest BCUT2D eigenvalue weighted by Gasteiger charge is -2.13. The highest BCUT2D eigenvalue weighted by Crippen LogP contribution is 2.17. The van der Waals surface area contributed by atoms with Crippen LogP contribution in [0.1, 0.15) is 36.0 Å². The Kier molecular flexibility index (Phi) is 4.39. The van der Waals surface area contributed by atoms with Crippen molar-refractivity contribution in [2.75, 3.05) is 12.4 Å². The first-order valence-corrected chi connectivity index (χ1v) is 6.58. The van der Waals surface area contributed by atoms with E-state index in [-0.39, 0.29) is 11.9 Å². The predicted molar refractivity (Wildman–Crippen MR) is 74.2 cm³/mol. The van der Waals surface area contributed by atoms with E-state index in [2.05, 4.69) is 16.0 Å². The van der Waals surface area contributed by atoms with Gasteiger partial charge in [-0.1, -0.05) is 12.8 Å². The second-order valence-corrected chi connectivity index (χ2v) is 4.74. The van der Waals surface area contributed by atoms with E-state index < -0.39 is 0 Å². The molecule has 5 heteroatoms. The number of benzene rings is 1.